The van der Waals surface area contributed by atoms with Crippen LogP contribution in [0.25, 0.3) is 0 Å². The van der Waals surface area contributed by atoms with Crippen LogP contribution in [0.3, 0.4) is 0 Å². The fourth-order valence-corrected chi connectivity index (χ4v) is 4.75. The number of hydrogen-bond acceptors (Lipinski definition) is 6. The monoisotopic (exact) mass is 540 g/mol. The number of nitrogens with zero attached hydrogens (tertiary/aromatic N) is 5. The van der Waals surface area contributed by atoms with Gasteiger partial charge in [-0.15, -0.1) is 46.7 Å². The number of aliphatic imine (C=N–C) groups is 1. The lowest BCUT2D eigenvalue weighted by Crippen LogP contribution is -2.52. The molecule has 27 heavy (non-hydrogen) atoms. The predicted molar refractivity (Wildman–Crippen MR) is 128 cm³/mol. The molecule has 1 saturated heterocycles. The van der Waals surface area contributed by atoms with Crippen molar-refractivity contribution in [3.8, 4) is 0 Å². The van der Waals surface area contributed by atoms with Gasteiger partial charge >= 0.3 is 0 Å². The number of thiophene rings is 1. The minimum absolute atomic E-state index is 0. The molecule has 2 aromatic rings. The summed E-state index contributed by atoms with van der Waals surface area (Å²) in [4.78, 5) is 17.2. The van der Waals surface area contributed by atoms with Gasteiger partial charge in [-0.25, -0.2) is 4.98 Å². The Bertz CT molecular complexity index is 739. The molecule has 0 atom stereocenters. The highest BCUT2D eigenvalue weighted by molar-refractivity contribution is 14.0. The topological polar surface area (TPSA) is 47.0 Å². The van der Waals surface area contributed by atoms with Crippen LogP contribution in [0.5, 0.6) is 0 Å². The molecule has 0 saturated carbocycles. The summed E-state index contributed by atoms with van der Waals surface area (Å²) in [5.41, 5.74) is 1.05. The second kappa shape index (κ2) is 10.8. The largest absolute Gasteiger partial charge is 0.354 e. The molecule has 3 rings (SSSR count). The number of rotatable bonds is 5. The second-order valence-corrected chi connectivity index (χ2v) is 9.02. The molecule has 0 aliphatic carbocycles. The normalized spacial score (nSPS) is 15.6. The van der Waals surface area contributed by atoms with Crippen molar-refractivity contribution in [1.82, 2.24) is 20.1 Å². The molecule has 3 heterocycles. The fourth-order valence-electron chi connectivity index (χ4n) is 2.86. The van der Waals surface area contributed by atoms with Crippen LogP contribution in [0.15, 0.2) is 22.5 Å². The molecule has 10 heteroatoms. The van der Waals surface area contributed by atoms with Gasteiger partial charge in [0.05, 0.1) is 16.6 Å². The van der Waals surface area contributed by atoms with Crippen molar-refractivity contribution in [3.63, 3.8) is 0 Å². The van der Waals surface area contributed by atoms with E-state index in [1.54, 1.807) is 22.7 Å². The Balaban J connectivity index is 0.00000261. The maximum Gasteiger partial charge on any atom is 0.194 e. The lowest BCUT2D eigenvalue weighted by molar-refractivity contribution is 0.173. The van der Waals surface area contributed by atoms with Gasteiger partial charge in [0.15, 0.2) is 11.1 Å². The smallest absolute Gasteiger partial charge is 0.194 e. The van der Waals surface area contributed by atoms with E-state index < -0.39 is 0 Å². The van der Waals surface area contributed by atoms with Gasteiger partial charge in [0.1, 0.15) is 0 Å². The van der Waals surface area contributed by atoms with Crippen LogP contribution >= 0.6 is 58.3 Å². The zero-order valence-electron chi connectivity index (χ0n) is 15.8. The minimum atomic E-state index is 0. The van der Waals surface area contributed by atoms with Crippen molar-refractivity contribution < 1.29 is 0 Å². The summed E-state index contributed by atoms with van der Waals surface area (Å²) in [6.07, 6.45) is 0. The van der Waals surface area contributed by atoms with Crippen molar-refractivity contribution in [2.24, 2.45) is 4.99 Å². The predicted octanol–water partition coefficient (Wildman–Crippen LogP) is 3.44. The van der Waals surface area contributed by atoms with Crippen LogP contribution in [-0.4, -0.2) is 68.1 Å². The molecule has 1 N–H and O–H groups in total. The van der Waals surface area contributed by atoms with Crippen LogP contribution in [0.2, 0.25) is 4.34 Å². The maximum atomic E-state index is 6.03. The van der Waals surface area contributed by atoms with Gasteiger partial charge < -0.3 is 15.1 Å². The van der Waals surface area contributed by atoms with Gasteiger partial charge in [0, 0.05) is 64.1 Å². The third kappa shape index (κ3) is 6.45. The summed E-state index contributed by atoms with van der Waals surface area (Å²) in [7, 11) is 5.87. The van der Waals surface area contributed by atoms with E-state index in [0.717, 1.165) is 53.8 Å². The minimum Gasteiger partial charge on any atom is -0.354 e. The summed E-state index contributed by atoms with van der Waals surface area (Å²) >= 11 is 9.36. The molecule has 0 radical (unpaired) electrons. The van der Waals surface area contributed by atoms with E-state index >= 15 is 0 Å². The Kier molecular flexibility index (Phi) is 9.06. The molecule has 2 aromatic heterocycles. The van der Waals surface area contributed by atoms with E-state index in [-0.39, 0.29) is 24.0 Å². The van der Waals surface area contributed by atoms with E-state index in [9.17, 15) is 0 Å². The molecule has 0 unspecified atom stereocenters. The van der Waals surface area contributed by atoms with Crippen molar-refractivity contribution >= 4 is 69.3 Å². The highest BCUT2D eigenvalue weighted by Gasteiger charge is 2.20. The van der Waals surface area contributed by atoms with Crippen LogP contribution in [-0.2, 0) is 13.1 Å². The van der Waals surface area contributed by atoms with E-state index in [4.69, 9.17) is 11.6 Å². The molecule has 0 amide bonds. The molecule has 6 nitrogen and oxygen atoms in total. The number of guanidine groups is 1. The highest BCUT2D eigenvalue weighted by Crippen LogP contribution is 2.23. The Hall–Kier alpha value is -0.620. The Labute approximate surface area is 191 Å². The third-order valence-electron chi connectivity index (χ3n) is 4.24. The number of halogens is 2. The first kappa shape index (κ1) is 22.7. The molecule has 150 valence electrons. The quantitative estimate of drug-likeness (QED) is 0.358. The Morgan fingerprint density at radius 3 is 2.59 bits per heavy atom. The zero-order chi connectivity index (χ0) is 18.5. The summed E-state index contributed by atoms with van der Waals surface area (Å²) in [5, 5.41) is 6.57. The SMILES string of the molecule is CN=C(NCc1csc(N(C)C)n1)N1CCN(Cc2ccc(Cl)s2)CC1.I. The van der Waals surface area contributed by atoms with Crippen LogP contribution in [0, 0.1) is 0 Å². The van der Waals surface area contributed by atoms with Crippen molar-refractivity contribution in [2.45, 2.75) is 13.1 Å². The molecule has 1 aliphatic heterocycles. The molecule has 1 fully saturated rings. The van der Waals surface area contributed by atoms with Gasteiger partial charge in [-0.05, 0) is 12.1 Å². The van der Waals surface area contributed by atoms with E-state index in [1.165, 1.54) is 4.88 Å². The standard InChI is InChI=1S/C17H25ClN6S2.HI/c1-19-16(20-10-13-12-25-17(21-13)22(2)3)24-8-6-23(7-9-24)11-14-4-5-15(18)26-14;/h4-5,12H,6-11H2,1-3H3,(H,19,20);1H. The first-order chi connectivity index (χ1) is 12.5. The first-order valence-electron chi connectivity index (χ1n) is 8.59. The van der Waals surface area contributed by atoms with Crippen LogP contribution < -0.4 is 10.2 Å². The fraction of sp³-hybridized carbons (Fsp3) is 0.529. The van der Waals surface area contributed by atoms with Gasteiger partial charge in [0.2, 0.25) is 0 Å². The van der Waals surface area contributed by atoms with Gasteiger partial charge in [-0.3, -0.25) is 9.89 Å². The third-order valence-corrected chi connectivity index (χ3v) is 6.51. The van der Waals surface area contributed by atoms with E-state index in [2.05, 4.69) is 36.5 Å². The van der Waals surface area contributed by atoms with Gasteiger partial charge in [-0.1, -0.05) is 11.6 Å². The van der Waals surface area contributed by atoms with Crippen molar-refractivity contribution in [3.05, 3.63) is 32.4 Å². The Morgan fingerprint density at radius 1 is 1.30 bits per heavy atom. The zero-order valence-corrected chi connectivity index (χ0v) is 20.5. The number of anilines is 1. The second-order valence-electron chi connectivity index (χ2n) is 6.39. The summed E-state index contributed by atoms with van der Waals surface area (Å²) in [6.45, 7) is 5.67. The molecule has 0 aromatic carbocycles. The molecule has 0 spiro atoms. The first-order valence-corrected chi connectivity index (χ1v) is 10.7. The maximum absolute atomic E-state index is 6.03. The number of aromatic nitrogens is 1. The average molecular weight is 541 g/mol. The number of thiazole rings is 1. The van der Waals surface area contributed by atoms with Crippen LogP contribution in [0.4, 0.5) is 5.13 Å². The lowest BCUT2D eigenvalue weighted by Gasteiger charge is -2.36. The number of hydrogen-bond donors (Lipinski definition) is 1. The lowest BCUT2D eigenvalue weighted by atomic mass is 10.3. The summed E-state index contributed by atoms with van der Waals surface area (Å²) in [6, 6.07) is 4.10. The molecular weight excluding hydrogens is 515 g/mol. The molecular formula is C17H26ClIN6S2. The van der Waals surface area contributed by atoms with Crippen molar-refractivity contribution in [2.75, 3.05) is 52.2 Å². The summed E-state index contributed by atoms with van der Waals surface area (Å²) < 4.78 is 0.864. The van der Waals surface area contributed by atoms with Crippen LogP contribution in [0.1, 0.15) is 10.6 Å². The highest BCUT2D eigenvalue weighted by atomic mass is 127. The Morgan fingerprint density at radius 2 is 2.04 bits per heavy atom. The van der Waals surface area contributed by atoms with Gasteiger partial charge in [0.25, 0.3) is 0 Å². The average Bonchev–Trinajstić information content (AvgIpc) is 3.26. The van der Waals surface area contributed by atoms with E-state index in [0.29, 0.717) is 6.54 Å². The molecule has 0 bridgehead atoms. The van der Waals surface area contributed by atoms with Gasteiger partial charge in [-0.2, -0.15) is 0 Å². The summed E-state index contributed by atoms with van der Waals surface area (Å²) in [5.74, 6) is 0.947. The number of piperazine rings is 1. The number of nitrogens with one attached hydrogen (secondary N) is 1. The van der Waals surface area contributed by atoms with E-state index in [1.807, 2.05) is 32.1 Å². The molecule has 1 aliphatic rings. The van der Waals surface area contributed by atoms with Crippen molar-refractivity contribution in [1.29, 1.82) is 0 Å².